The standard InChI is InChI=1S/C20H24BN3O4/c1-13(25)17-4-2-3-15-12-18(21(27)28-20(15)17)24-19(26)11-14-5-7-16(8-6-14)23-10-9-22/h2-8,18,23,27H,9-12,22H2,1H3,(H,24,26)/t18-/m0/s1. The molecule has 0 unspecified atom stereocenters. The number of hydrogen-bond donors (Lipinski definition) is 4. The monoisotopic (exact) mass is 381 g/mol. The molecule has 0 aliphatic carbocycles. The first-order chi connectivity index (χ1) is 13.5. The van der Waals surface area contributed by atoms with Crippen LogP contribution in [0.15, 0.2) is 42.5 Å². The molecule has 8 heteroatoms. The van der Waals surface area contributed by atoms with Crippen molar-refractivity contribution in [3.05, 3.63) is 59.2 Å². The van der Waals surface area contributed by atoms with Crippen molar-refractivity contribution in [1.29, 1.82) is 0 Å². The fraction of sp³-hybridized carbons (Fsp3) is 0.300. The number of nitrogens with two attached hydrogens (primary N) is 1. The van der Waals surface area contributed by atoms with Crippen molar-refractivity contribution < 1.29 is 19.3 Å². The quantitative estimate of drug-likeness (QED) is 0.419. The highest BCUT2D eigenvalue weighted by Gasteiger charge is 2.37. The van der Waals surface area contributed by atoms with Gasteiger partial charge in [-0.15, -0.1) is 0 Å². The number of fused-ring (bicyclic) bond motifs is 1. The summed E-state index contributed by atoms with van der Waals surface area (Å²) in [6.45, 7) is 2.69. The number of Topliss-reactive ketones (excluding diaryl/α,β-unsaturated/α-hetero) is 1. The van der Waals surface area contributed by atoms with Gasteiger partial charge in [-0.2, -0.15) is 0 Å². The molecular formula is C20H24BN3O4. The average molecular weight is 381 g/mol. The van der Waals surface area contributed by atoms with E-state index in [0.717, 1.165) is 16.8 Å². The summed E-state index contributed by atoms with van der Waals surface area (Å²) in [6.07, 6.45) is 0.589. The lowest BCUT2D eigenvalue weighted by atomic mass is 9.72. The van der Waals surface area contributed by atoms with Crippen molar-refractivity contribution in [2.45, 2.75) is 25.7 Å². The zero-order chi connectivity index (χ0) is 20.1. The van der Waals surface area contributed by atoms with Gasteiger partial charge in [0.2, 0.25) is 5.91 Å². The van der Waals surface area contributed by atoms with E-state index in [1.807, 2.05) is 30.3 Å². The van der Waals surface area contributed by atoms with Crippen LogP contribution >= 0.6 is 0 Å². The lowest BCUT2D eigenvalue weighted by Crippen LogP contribution is -2.53. The van der Waals surface area contributed by atoms with E-state index < -0.39 is 13.1 Å². The van der Waals surface area contributed by atoms with Gasteiger partial charge >= 0.3 is 7.12 Å². The van der Waals surface area contributed by atoms with Gasteiger partial charge in [0, 0.05) is 18.8 Å². The minimum Gasteiger partial charge on any atom is -0.534 e. The Kier molecular flexibility index (Phi) is 6.33. The summed E-state index contributed by atoms with van der Waals surface area (Å²) in [5.41, 5.74) is 8.50. The summed E-state index contributed by atoms with van der Waals surface area (Å²) < 4.78 is 5.54. The summed E-state index contributed by atoms with van der Waals surface area (Å²) in [6, 6.07) is 12.8. The molecule has 1 amide bonds. The molecule has 5 N–H and O–H groups in total. The number of benzene rings is 2. The topological polar surface area (TPSA) is 114 Å². The van der Waals surface area contributed by atoms with Gasteiger partial charge in [0.25, 0.3) is 0 Å². The SMILES string of the molecule is CC(=O)c1cccc2c1OB(O)[C@@H](NC(=O)Cc1ccc(NCCN)cc1)C2. The van der Waals surface area contributed by atoms with Crippen molar-refractivity contribution in [2.75, 3.05) is 18.4 Å². The number of para-hydroxylation sites is 1. The Morgan fingerprint density at radius 1 is 1.25 bits per heavy atom. The molecule has 1 heterocycles. The Hall–Kier alpha value is -2.84. The molecule has 146 valence electrons. The molecule has 3 rings (SSSR count). The largest absolute Gasteiger partial charge is 0.547 e. The minimum atomic E-state index is -1.21. The van der Waals surface area contributed by atoms with Crippen molar-refractivity contribution in [1.82, 2.24) is 5.32 Å². The Balaban J connectivity index is 1.61. The van der Waals surface area contributed by atoms with Crippen LogP contribution in [0.4, 0.5) is 5.69 Å². The smallest absolute Gasteiger partial charge is 0.534 e. The second-order valence-corrected chi connectivity index (χ2v) is 6.83. The Bertz CT molecular complexity index is 857. The Morgan fingerprint density at radius 2 is 2.00 bits per heavy atom. The summed E-state index contributed by atoms with van der Waals surface area (Å²) in [7, 11) is -1.21. The van der Waals surface area contributed by atoms with Crippen LogP contribution in [0.2, 0.25) is 0 Å². The number of carbonyl (C=O) groups excluding carboxylic acids is 2. The molecular weight excluding hydrogens is 357 g/mol. The molecule has 1 atom stereocenters. The van der Waals surface area contributed by atoms with E-state index in [0.29, 0.717) is 30.8 Å². The first kappa shape index (κ1) is 19.9. The van der Waals surface area contributed by atoms with Crippen molar-refractivity contribution in [3.8, 4) is 5.75 Å². The maximum atomic E-state index is 12.4. The molecule has 0 fully saturated rings. The van der Waals surface area contributed by atoms with Crippen LogP contribution in [0.5, 0.6) is 5.75 Å². The van der Waals surface area contributed by atoms with E-state index in [1.54, 1.807) is 12.1 Å². The van der Waals surface area contributed by atoms with Gasteiger partial charge in [-0.25, -0.2) is 0 Å². The zero-order valence-electron chi connectivity index (χ0n) is 15.8. The summed E-state index contributed by atoms with van der Waals surface area (Å²) >= 11 is 0. The molecule has 0 spiro atoms. The summed E-state index contributed by atoms with van der Waals surface area (Å²) in [5, 5.41) is 16.3. The van der Waals surface area contributed by atoms with E-state index in [1.165, 1.54) is 6.92 Å². The highest BCUT2D eigenvalue weighted by Crippen LogP contribution is 2.30. The second kappa shape index (κ2) is 8.90. The van der Waals surface area contributed by atoms with Crippen LogP contribution in [0.3, 0.4) is 0 Å². The second-order valence-electron chi connectivity index (χ2n) is 6.83. The average Bonchev–Trinajstić information content (AvgIpc) is 2.67. The van der Waals surface area contributed by atoms with Gasteiger partial charge in [-0.1, -0.05) is 24.3 Å². The fourth-order valence-electron chi connectivity index (χ4n) is 3.23. The molecule has 28 heavy (non-hydrogen) atoms. The van der Waals surface area contributed by atoms with Crippen molar-refractivity contribution >= 4 is 24.5 Å². The lowest BCUT2D eigenvalue weighted by Gasteiger charge is -2.29. The van der Waals surface area contributed by atoms with Crippen molar-refractivity contribution in [2.24, 2.45) is 5.73 Å². The molecule has 0 saturated carbocycles. The third-order valence-electron chi connectivity index (χ3n) is 4.64. The van der Waals surface area contributed by atoms with Crippen molar-refractivity contribution in [3.63, 3.8) is 0 Å². The van der Waals surface area contributed by atoms with Gasteiger partial charge in [0.15, 0.2) is 5.78 Å². The maximum Gasteiger partial charge on any atom is 0.547 e. The maximum absolute atomic E-state index is 12.4. The summed E-state index contributed by atoms with van der Waals surface area (Å²) in [5.74, 6) is -0.515. The molecule has 0 saturated heterocycles. The highest BCUT2D eigenvalue weighted by atomic mass is 16.5. The van der Waals surface area contributed by atoms with E-state index in [2.05, 4.69) is 10.6 Å². The van der Waals surface area contributed by atoms with Gasteiger partial charge in [-0.05, 0) is 42.7 Å². The van der Waals surface area contributed by atoms with Crippen LogP contribution in [0, 0.1) is 0 Å². The third kappa shape index (κ3) is 4.71. The molecule has 1 aliphatic heterocycles. The third-order valence-corrected chi connectivity index (χ3v) is 4.64. The number of rotatable bonds is 7. The summed E-state index contributed by atoms with van der Waals surface area (Å²) in [4.78, 5) is 24.1. The Morgan fingerprint density at radius 3 is 2.68 bits per heavy atom. The lowest BCUT2D eigenvalue weighted by molar-refractivity contribution is -0.120. The number of carbonyl (C=O) groups is 2. The number of hydrogen-bond acceptors (Lipinski definition) is 6. The number of anilines is 1. The molecule has 7 nitrogen and oxygen atoms in total. The highest BCUT2D eigenvalue weighted by molar-refractivity contribution is 6.47. The van der Waals surface area contributed by atoms with Gasteiger partial charge in [-0.3, -0.25) is 9.59 Å². The first-order valence-electron chi connectivity index (χ1n) is 9.27. The minimum absolute atomic E-state index is 0.129. The van der Waals surface area contributed by atoms with E-state index in [-0.39, 0.29) is 18.1 Å². The predicted molar refractivity (Wildman–Crippen MR) is 108 cm³/mol. The molecule has 1 aliphatic rings. The van der Waals surface area contributed by atoms with Gasteiger partial charge < -0.3 is 26.0 Å². The number of amides is 1. The molecule has 0 aromatic heterocycles. The van der Waals surface area contributed by atoms with Crippen LogP contribution in [0.25, 0.3) is 0 Å². The van der Waals surface area contributed by atoms with Crippen LogP contribution in [0.1, 0.15) is 28.4 Å². The Labute approximate surface area is 164 Å². The normalized spacial score (nSPS) is 15.4. The fourth-order valence-corrected chi connectivity index (χ4v) is 3.23. The molecule has 2 aromatic carbocycles. The van der Waals surface area contributed by atoms with Crippen LogP contribution < -0.4 is 21.0 Å². The van der Waals surface area contributed by atoms with Gasteiger partial charge in [0.1, 0.15) is 5.75 Å². The molecule has 0 radical (unpaired) electrons. The number of ketones is 1. The van der Waals surface area contributed by atoms with Crippen LogP contribution in [-0.4, -0.2) is 42.9 Å². The van der Waals surface area contributed by atoms with E-state index >= 15 is 0 Å². The van der Waals surface area contributed by atoms with E-state index in [9.17, 15) is 14.6 Å². The molecule has 0 bridgehead atoms. The van der Waals surface area contributed by atoms with Crippen LogP contribution in [-0.2, 0) is 17.6 Å². The zero-order valence-corrected chi connectivity index (χ0v) is 15.8. The van der Waals surface area contributed by atoms with Gasteiger partial charge in [0.05, 0.1) is 17.9 Å². The van der Waals surface area contributed by atoms with E-state index in [4.69, 9.17) is 10.4 Å². The predicted octanol–water partition coefficient (Wildman–Crippen LogP) is 0.942. The number of nitrogens with one attached hydrogen (secondary N) is 2. The molecule has 2 aromatic rings. The first-order valence-corrected chi connectivity index (χ1v) is 9.27.